The second kappa shape index (κ2) is 9.52. The van der Waals surface area contributed by atoms with Gasteiger partial charge in [0.05, 0.1) is 19.9 Å². The first-order valence-corrected chi connectivity index (χ1v) is 10.2. The predicted molar refractivity (Wildman–Crippen MR) is 117 cm³/mol. The Bertz CT molecular complexity index is 1120. The van der Waals surface area contributed by atoms with Gasteiger partial charge < -0.3 is 19.5 Å². The zero-order chi connectivity index (χ0) is 22.5. The van der Waals surface area contributed by atoms with Gasteiger partial charge in [-0.05, 0) is 60.7 Å². The molecule has 1 heterocycles. The summed E-state index contributed by atoms with van der Waals surface area (Å²) in [6.07, 6.45) is 3.32. The molecule has 0 radical (unpaired) electrons. The summed E-state index contributed by atoms with van der Waals surface area (Å²) < 4.78 is 15.8. The molecule has 0 bridgehead atoms. The second-order valence-electron chi connectivity index (χ2n) is 7.35. The Kier molecular flexibility index (Phi) is 6.37. The molecule has 1 aliphatic carbocycles. The summed E-state index contributed by atoms with van der Waals surface area (Å²) in [6.45, 7) is 0. The number of nitrogens with zero attached hydrogens (tertiary/aromatic N) is 2. The van der Waals surface area contributed by atoms with Gasteiger partial charge in [0.2, 0.25) is 5.95 Å². The van der Waals surface area contributed by atoms with Crippen molar-refractivity contribution >= 4 is 12.0 Å². The highest BCUT2D eigenvalue weighted by atomic mass is 16.6. The van der Waals surface area contributed by atoms with Crippen LogP contribution in [0.2, 0.25) is 0 Å². The van der Waals surface area contributed by atoms with Crippen molar-refractivity contribution in [1.29, 1.82) is 0 Å². The van der Waals surface area contributed by atoms with Crippen LogP contribution < -0.4 is 25.0 Å². The molecule has 0 saturated heterocycles. The Morgan fingerprint density at radius 1 is 1.06 bits per heavy atom. The molecule has 3 N–H and O–H groups in total. The molecule has 2 aromatic carbocycles. The number of ether oxygens (including phenoxy) is 3. The maximum Gasteiger partial charge on any atom is 0.436 e. The Labute approximate surface area is 185 Å². The molecule has 1 unspecified atom stereocenters. The van der Waals surface area contributed by atoms with Crippen molar-refractivity contribution in [1.82, 2.24) is 15.4 Å². The molecule has 1 aromatic heterocycles. The summed E-state index contributed by atoms with van der Waals surface area (Å²) in [5.74, 6) is 2.28. The topological polar surface area (TPSA) is 115 Å². The fourth-order valence-corrected chi connectivity index (χ4v) is 3.82. The number of hydrogen-bond acceptors (Lipinski definition) is 8. The van der Waals surface area contributed by atoms with Crippen LogP contribution in [0, 0.1) is 0 Å². The molecule has 9 heteroatoms. The monoisotopic (exact) mass is 436 g/mol. The largest absolute Gasteiger partial charge is 0.497 e. The highest BCUT2D eigenvalue weighted by Gasteiger charge is 2.21. The maximum absolute atomic E-state index is 11.3. The smallest absolute Gasteiger partial charge is 0.436 e. The number of carbonyl (C=O) groups is 1. The van der Waals surface area contributed by atoms with Crippen LogP contribution in [0.5, 0.6) is 17.2 Å². The molecule has 32 heavy (non-hydrogen) atoms. The lowest BCUT2D eigenvalue weighted by atomic mass is 9.88. The van der Waals surface area contributed by atoms with Gasteiger partial charge in [-0.15, -0.1) is 0 Å². The number of nitrogens with one attached hydrogen (secondary N) is 2. The lowest BCUT2D eigenvalue weighted by Gasteiger charge is -2.26. The van der Waals surface area contributed by atoms with Crippen molar-refractivity contribution in [2.45, 2.75) is 25.3 Å². The quantitative estimate of drug-likeness (QED) is 0.397. The molecule has 0 spiro atoms. The number of benzene rings is 2. The van der Waals surface area contributed by atoms with E-state index >= 15 is 0 Å². The molecule has 9 nitrogen and oxygen atoms in total. The van der Waals surface area contributed by atoms with E-state index in [1.54, 1.807) is 26.5 Å². The van der Waals surface area contributed by atoms with Crippen molar-refractivity contribution in [2.24, 2.45) is 0 Å². The third-order valence-electron chi connectivity index (χ3n) is 5.38. The Morgan fingerprint density at radius 3 is 2.69 bits per heavy atom. The third-order valence-corrected chi connectivity index (χ3v) is 5.38. The molecule has 3 aromatic rings. The summed E-state index contributed by atoms with van der Waals surface area (Å²) in [6, 6.07) is 13.0. The molecular formula is C23H24N4O5. The number of hydroxylamine groups is 1. The van der Waals surface area contributed by atoms with E-state index in [0.29, 0.717) is 23.2 Å². The predicted octanol–water partition coefficient (Wildman–Crippen LogP) is 3.61. The summed E-state index contributed by atoms with van der Waals surface area (Å²) in [5, 5.41) is 12.1. The number of fused-ring (bicyclic) bond motifs is 1. The fraction of sp³-hybridized carbons (Fsp3) is 0.261. The van der Waals surface area contributed by atoms with Crippen molar-refractivity contribution in [3.8, 4) is 28.5 Å². The van der Waals surface area contributed by atoms with Gasteiger partial charge >= 0.3 is 6.09 Å². The van der Waals surface area contributed by atoms with Gasteiger partial charge in [0, 0.05) is 23.9 Å². The van der Waals surface area contributed by atoms with Crippen LogP contribution in [0.15, 0.2) is 48.7 Å². The average molecular weight is 436 g/mol. The Hall–Kier alpha value is -3.85. The number of aryl methyl sites for hydroxylation is 1. The number of carbonyl (C=O) groups excluding carboxylic acids is 1. The van der Waals surface area contributed by atoms with Gasteiger partial charge in [0.15, 0.2) is 0 Å². The molecule has 1 atom stereocenters. The summed E-state index contributed by atoms with van der Waals surface area (Å²) in [5.41, 5.74) is 5.33. The lowest BCUT2D eigenvalue weighted by Crippen LogP contribution is -2.28. The van der Waals surface area contributed by atoms with E-state index in [-0.39, 0.29) is 6.04 Å². The van der Waals surface area contributed by atoms with Crippen molar-refractivity contribution in [3.05, 3.63) is 59.8 Å². The third kappa shape index (κ3) is 4.73. The summed E-state index contributed by atoms with van der Waals surface area (Å²) in [7, 11) is 3.22. The van der Waals surface area contributed by atoms with E-state index in [1.165, 1.54) is 11.0 Å². The van der Waals surface area contributed by atoms with Crippen molar-refractivity contribution in [2.75, 3.05) is 19.5 Å². The second-order valence-corrected chi connectivity index (χ2v) is 7.35. The van der Waals surface area contributed by atoms with Crippen LogP contribution in [0.3, 0.4) is 0 Å². The Morgan fingerprint density at radius 2 is 1.91 bits per heavy atom. The van der Waals surface area contributed by atoms with E-state index in [1.807, 2.05) is 36.4 Å². The van der Waals surface area contributed by atoms with Gasteiger partial charge in [0.1, 0.15) is 17.2 Å². The molecule has 0 fully saturated rings. The van der Waals surface area contributed by atoms with E-state index < -0.39 is 6.09 Å². The van der Waals surface area contributed by atoms with Crippen LogP contribution in [0.25, 0.3) is 11.3 Å². The first-order chi connectivity index (χ1) is 15.6. The van der Waals surface area contributed by atoms with E-state index in [9.17, 15) is 4.79 Å². The van der Waals surface area contributed by atoms with Crippen LogP contribution in [0.4, 0.5) is 10.7 Å². The molecule has 1 amide bonds. The van der Waals surface area contributed by atoms with Crippen LogP contribution in [0.1, 0.15) is 17.5 Å². The maximum atomic E-state index is 11.3. The van der Waals surface area contributed by atoms with Gasteiger partial charge in [-0.2, -0.15) is 0 Å². The van der Waals surface area contributed by atoms with Gasteiger partial charge in [-0.3, -0.25) is 5.21 Å². The van der Waals surface area contributed by atoms with Crippen molar-refractivity contribution in [3.63, 3.8) is 0 Å². The van der Waals surface area contributed by atoms with E-state index in [0.717, 1.165) is 36.1 Å². The molecule has 4 rings (SSSR count). The molecule has 0 saturated carbocycles. The van der Waals surface area contributed by atoms with Gasteiger partial charge in [-0.25, -0.2) is 20.2 Å². The van der Waals surface area contributed by atoms with Gasteiger partial charge in [-0.1, -0.05) is 6.07 Å². The molecular weight excluding hydrogens is 412 g/mol. The molecule has 1 aliphatic rings. The SMILES string of the molecule is COc1ccc(-c2ccnc(NC3CCc4ccc(OC(=O)NO)cc4C3)n2)c(OC)c1. The van der Waals surface area contributed by atoms with Crippen molar-refractivity contribution < 1.29 is 24.2 Å². The first kappa shape index (κ1) is 21.4. The minimum absolute atomic E-state index is 0.123. The van der Waals surface area contributed by atoms with E-state index in [2.05, 4.69) is 15.3 Å². The highest BCUT2D eigenvalue weighted by molar-refractivity contribution is 5.69. The van der Waals surface area contributed by atoms with E-state index in [4.69, 9.17) is 19.4 Å². The standard InChI is InChI=1S/C23H24N4O5/c1-30-17-7-8-19(21(13-17)31-2)20-9-10-24-22(26-20)25-16-5-3-14-4-6-18(12-15(14)11-16)32-23(28)27-29/h4,6-10,12-13,16,29H,3,5,11H2,1-2H3,(H,27,28)(H,24,25,26). The number of rotatable bonds is 6. The zero-order valence-corrected chi connectivity index (χ0v) is 17.8. The zero-order valence-electron chi connectivity index (χ0n) is 17.8. The number of methoxy groups -OCH3 is 2. The molecule has 166 valence electrons. The first-order valence-electron chi connectivity index (χ1n) is 10.2. The number of hydrogen-bond donors (Lipinski definition) is 3. The average Bonchev–Trinajstić information content (AvgIpc) is 2.83. The summed E-state index contributed by atoms with van der Waals surface area (Å²) in [4.78, 5) is 20.3. The van der Waals surface area contributed by atoms with Crippen LogP contribution in [-0.2, 0) is 12.8 Å². The van der Waals surface area contributed by atoms with Gasteiger partial charge in [0.25, 0.3) is 0 Å². The highest BCUT2D eigenvalue weighted by Crippen LogP contribution is 2.33. The minimum Gasteiger partial charge on any atom is -0.497 e. The number of anilines is 1. The fourth-order valence-electron chi connectivity index (χ4n) is 3.82. The normalized spacial score (nSPS) is 14.8. The summed E-state index contributed by atoms with van der Waals surface area (Å²) >= 11 is 0. The number of amides is 1. The minimum atomic E-state index is -0.922. The number of aromatic nitrogens is 2. The Balaban J connectivity index is 1.50. The van der Waals surface area contributed by atoms with Crippen LogP contribution >= 0.6 is 0 Å². The molecule has 0 aliphatic heterocycles. The lowest BCUT2D eigenvalue weighted by molar-refractivity contribution is 0.127. The van der Waals surface area contributed by atoms with Crippen LogP contribution in [-0.4, -0.2) is 41.5 Å².